The molecule has 3 N–H and O–H groups in total. The summed E-state index contributed by atoms with van der Waals surface area (Å²) in [5.74, 6) is 0.0879. The highest BCUT2D eigenvalue weighted by atomic mass is 35.5. The molecule has 0 fully saturated rings. The molecule has 0 radical (unpaired) electrons. The summed E-state index contributed by atoms with van der Waals surface area (Å²) in [6.45, 7) is 2.25. The first-order chi connectivity index (χ1) is 8.74. The summed E-state index contributed by atoms with van der Waals surface area (Å²) < 4.78 is 0. The van der Waals surface area contributed by atoms with Gasteiger partial charge in [0.15, 0.2) is 0 Å². The molecule has 19 heavy (non-hydrogen) atoms. The van der Waals surface area contributed by atoms with Crippen LogP contribution in [0.3, 0.4) is 0 Å². The standard InChI is InChI=1S/C15H25N3.ClH/c1-2-3-4-5-6-7-8-9-14-11-10-13(12-18-14)15(16)17;/h10-12H,2-9H2,1H3,(H3,16,17);1H. The van der Waals surface area contributed by atoms with E-state index in [9.17, 15) is 0 Å². The quantitative estimate of drug-likeness (QED) is 0.407. The molecule has 3 nitrogen and oxygen atoms in total. The number of unbranched alkanes of at least 4 members (excludes halogenated alkanes) is 6. The van der Waals surface area contributed by atoms with Gasteiger partial charge in [-0.3, -0.25) is 10.4 Å². The van der Waals surface area contributed by atoms with E-state index in [0.717, 1.165) is 12.1 Å². The van der Waals surface area contributed by atoms with Gasteiger partial charge in [0.2, 0.25) is 0 Å². The lowest BCUT2D eigenvalue weighted by Gasteiger charge is -2.03. The number of amidine groups is 1. The second-order valence-electron chi connectivity index (χ2n) is 4.82. The SMILES string of the molecule is CCCCCCCCCc1ccc(C(=N)N)cn1.Cl. The molecule has 108 valence electrons. The van der Waals surface area contributed by atoms with E-state index in [2.05, 4.69) is 11.9 Å². The van der Waals surface area contributed by atoms with Crippen LogP contribution >= 0.6 is 12.4 Å². The second kappa shape index (κ2) is 10.8. The Morgan fingerprint density at radius 1 is 1.11 bits per heavy atom. The number of pyridine rings is 1. The first-order valence-electron chi connectivity index (χ1n) is 7.03. The zero-order valence-corrected chi connectivity index (χ0v) is 12.6. The molecule has 0 atom stereocenters. The van der Waals surface area contributed by atoms with E-state index in [1.54, 1.807) is 6.20 Å². The maximum atomic E-state index is 7.29. The first-order valence-corrected chi connectivity index (χ1v) is 7.03. The van der Waals surface area contributed by atoms with Crippen molar-refractivity contribution in [1.82, 2.24) is 4.98 Å². The van der Waals surface area contributed by atoms with Gasteiger partial charge in [-0.25, -0.2) is 0 Å². The fourth-order valence-electron chi connectivity index (χ4n) is 1.99. The second-order valence-corrected chi connectivity index (χ2v) is 4.82. The van der Waals surface area contributed by atoms with E-state index in [4.69, 9.17) is 11.1 Å². The Hall–Kier alpha value is -1.09. The van der Waals surface area contributed by atoms with Gasteiger partial charge in [0, 0.05) is 17.5 Å². The highest BCUT2D eigenvalue weighted by Gasteiger charge is 1.98. The highest BCUT2D eigenvalue weighted by molar-refractivity contribution is 5.94. The van der Waals surface area contributed by atoms with Crippen molar-refractivity contribution in [3.05, 3.63) is 29.6 Å². The van der Waals surface area contributed by atoms with Gasteiger partial charge in [0.1, 0.15) is 5.84 Å². The van der Waals surface area contributed by atoms with Crippen molar-refractivity contribution in [2.24, 2.45) is 5.73 Å². The van der Waals surface area contributed by atoms with E-state index >= 15 is 0 Å². The summed E-state index contributed by atoms with van der Waals surface area (Å²) in [5.41, 5.74) is 7.20. The molecule has 0 saturated carbocycles. The van der Waals surface area contributed by atoms with Gasteiger partial charge < -0.3 is 5.73 Å². The van der Waals surface area contributed by atoms with Crippen molar-refractivity contribution in [2.45, 2.75) is 58.3 Å². The van der Waals surface area contributed by atoms with E-state index in [1.165, 1.54) is 44.9 Å². The minimum Gasteiger partial charge on any atom is -0.384 e. The van der Waals surface area contributed by atoms with Crippen LogP contribution in [0.5, 0.6) is 0 Å². The van der Waals surface area contributed by atoms with Gasteiger partial charge in [-0.1, -0.05) is 45.4 Å². The smallest absolute Gasteiger partial charge is 0.124 e. The van der Waals surface area contributed by atoms with Crippen LogP contribution in [-0.2, 0) is 6.42 Å². The molecular formula is C15H26ClN3. The fraction of sp³-hybridized carbons (Fsp3) is 0.600. The van der Waals surface area contributed by atoms with Crippen molar-refractivity contribution in [3.63, 3.8) is 0 Å². The molecule has 0 aliphatic carbocycles. The average Bonchev–Trinajstić information content (AvgIpc) is 2.38. The lowest BCUT2D eigenvalue weighted by atomic mass is 10.1. The third-order valence-electron chi connectivity index (χ3n) is 3.17. The molecule has 1 heterocycles. The predicted molar refractivity (Wildman–Crippen MR) is 84.2 cm³/mol. The number of hydrogen-bond donors (Lipinski definition) is 2. The number of aromatic nitrogens is 1. The Morgan fingerprint density at radius 2 is 1.74 bits per heavy atom. The van der Waals surface area contributed by atoms with Crippen LogP contribution in [-0.4, -0.2) is 10.8 Å². The summed E-state index contributed by atoms with van der Waals surface area (Å²) in [7, 11) is 0. The van der Waals surface area contributed by atoms with Gasteiger partial charge in [-0.2, -0.15) is 0 Å². The largest absolute Gasteiger partial charge is 0.384 e. The van der Waals surface area contributed by atoms with Crippen LogP contribution in [0.15, 0.2) is 18.3 Å². The number of nitrogens with two attached hydrogens (primary N) is 1. The maximum absolute atomic E-state index is 7.29. The molecule has 0 unspecified atom stereocenters. The van der Waals surface area contributed by atoms with Crippen LogP contribution in [0.1, 0.15) is 63.1 Å². The molecule has 0 saturated heterocycles. The third-order valence-corrected chi connectivity index (χ3v) is 3.17. The number of hydrogen-bond acceptors (Lipinski definition) is 2. The summed E-state index contributed by atoms with van der Waals surface area (Å²) in [5, 5.41) is 7.29. The van der Waals surface area contributed by atoms with Crippen LogP contribution in [0, 0.1) is 5.41 Å². The van der Waals surface area contributed by atoms with Crippen LogP contribution in [0.2, 0.25) is 0 Å². The van der Waals surface area contributed by atoms with Crippen molar-refractivity contribution in [1.29, 1.82) is 5.41 Å². The number of nitrogens with zero attached hydrogens (tertiary/aromatic N) is 1. The number of halogens is 1. The van der Waals surface area contributed by atoms with Gasteiger partial charge in [0.05, 0.1) is 0 Å². The molecule has 1 aromatic heterocycles. The Labute approximate surface area is 122 Å². The monoisotopic (exact) mass is 283 g/mol. The summed E-state index contributed by atoms with van der Waals surface area (Å²) in [4.78, 5) is 4.33. The van der Waals surface area contributed by atoms with E-state index in [1.807, 2.05) is 12.1 Å². The number of nitrogens with one attached hydrogen (secondary N) is 1. The van der Waals surface area contributed by atoms with Gasteiger partial charge in [-0.15, -0.1) is 12.4 Å². The van der Waals surface area contributed by atoms with Crippen molar-refractivity contribution in [3.8, 4) is 0 Å². The third kappa shape index (κ3) is 7.83. The van der Waals surface area contributed by atoms with Crippen molar-refractivity contribution < 1.29 is 0 Å². The first kappa shape index (κ1) is 17.9. The van der Waals surface area contributed by atoms with Crippen molar-refractivity contribution in [2.75, 3.05) is 0 Å². The lowest BCUT2D eigenvalue weighted by Crippen LogP contribution is -2.11. The molecule has 4 heteroatoms. The minimum atomic E-state index is 0. The van der Waals surface area contributed by atoms with Crippen LogP contribution < -0.4 is 5.73 Å². The molecule has 0 aromatic carbocycles. The van der Waals surface area contributed by atoms with E-state index < -0.39 is 0 Å². The maximum Gasteiger partial charge on any atom is 0.124 e. The number of nitrogen functional groups attached to an aromatic ring is 1. The highest BCUT2D eigenvalue weighted by Crippen LogP contribution is 2.09. The van der Waals surface area contributed by atoms with Gasteiger partial charge >= 0.3 is 0 Å². The molecule has 0 spiro atoms. The Morgan fingerprint density at radius 3 is 2.26 bits per heavy atom. The molecule has 1 rings (SSSR count). The summed E-state index contributed by atoms with van der Waals surface area (Å²) >= 11 is 0. The summed E-state index contributed by atoms with van der Waals surface area (Å²) in [6, 6.07) is 3.86. The topological polar surface area (TPSA) is 62.8 Å². The fourth-order valence-corrected chi connectivity index (χ4v) is 1.99. The Balaban J connectivity index is 0.00000324. The van der Waals surface area contributed by atoms with E-state index in [0.29, 0.717) is 5.56 Å². The Kier molecular flexibility index (Phi) is 10.2. The molecule has 0 amide bonds. The van der Waals surface area contributed by atoms with Gasteiger partial charge in [0.25, 0.3) is 0 Å². The van der Waals surface area contributed by atoms with Crippen LogP contribution in [0.25, 0.3) is 0 Å². The normalized spacial score (nSPS) is 9.95. The summed E-state index contributed by atoms with van der Waals surface area (Å²) in [6.07, 6.45) is 12.0. The Bertz CT molecular complexity index is 349. The van der Waals surface area contributed by atoms with E-state index in [-0.39, 0.29) is 18.2 Å². The molecule has 0 aliphatic heterocycles. The molecule has 0 bridgehead atoms. The molecular weight excluding hydrogens is 258 g/mol. The lowest BCUT2D eigenvalue weighted by molar-refractivity contribution is 0.587. The van der Waals surface area contributed by atoms with Crippen LogP contribution in [0.4, 0.5) is 0 Å². The number of aryl methyl sites for hydroxylation is 1. The number of rotatable bonds is 9. The molecule has 0 aliphatic rings. The zero-order chi connectivity index (χ0) is 13.2. The van der Waals surface area contributed by atoms with Crippen molar-refractivity contribution >= 4 is 18.2 Å². The van der Waals surface area contributed by atoms with Gasteiger partial charge in [-0.05, 0) is 25.0 Å². The average molecular weight is 284 g/mol. The minimum absolute atomic E-state index is 0. The predicted octanol–water partition coefficient (Wildman–Crippen LogP) is 4.08. The zero-order valence-electron chi connectivity index (χ0n) is 11.8. The molecule has 1 aromatic rings.